The van der Waals surface area contributed by atoms with E-state index in [1.807, 2.05) is 30.3 Å². The highest BCUT2D eigenvalue weighted by Gasteiger charge is 2.36. The molecule has 0 spiro atoms. The maximum Gasteiger partial charge on any atom is 0.242 e. The van der Waals surface area contributed by atoms with E-state index in [2.05, 4.69) is 10.6 Å². The van der Waals surface area contributed by atoms with E-state index in [1.165, 1.54) is 0 Å². The summed E-state index contributed by atoms with van der Waals surface area (Å²) < 4.78 is 5.13. The van der Waals surface area contributed by atoms with Crippen LogP contribution in [0.25, 0.3) is 0 Å². The molecule has 3 amide bonds. The highest BCUT2D eigenvalue weighted by atomic mass is 16.5. The second-order valence-electron chi connectivity index (χ2n) is 7.36. The number of rotatable bonds is 8. The van der Waals surface area contributed by atoms with Crippen LogP contribution in [0.15, 0.2) is 54.6 Å². The standard InChI is InChI=1S/C23H27N3O4/c1-16(22(28)24-13-12-17-6-4-3-5-7-17)25-23(29)18-14-21(27)26(15-18)19-8-10-20(30-2)11-9-19/h3-11,16,18H,12-15H2,1-2H3,(H,24,28)(H,25,29)/t16-,18+/m0/s1. The maximum absolute atomic E-state index is 12.6. The van der Waals surface area contributed by atoms with Gasteiger partial charge in [0.1, 0.15) is 11.8 Å². The second-order valence-corrected chi connectivity index (χ2v) is 7.36. The fourth-order valence-corrected chi connectivity index (χ4v) is 3.42. The van der Waals surface area contributed by atoms with Crippen LogP contribution in [-0.4, -0.2) is 44.0 Å². The van der Waals surface area contributed by atoms with Crippen molar-refractivity contribution in [3.63, 3.8) is 0 Å². The van der Waals surface area contributed by atoms with Crippen molar-refractivity contribution in [2.24, 2.45) is 5.92 Å². The number of hydrogen-bond acceptors (Lipinski definition) is 4. The van der Waals surface area contributed by atoms with Crippen LogP contribution in [0, 0.1) is 5.92 Å². The Morgan fingerprint density at radius 3 is 2.50 bits per heavy atom. The lowest BCUT2D eigenvalue weighted by molar-refractivity contribution is -0.130. The van der Waals surface area contributed by atoms with Gasteiger partial charge in [-0.25, -0.2) is 0 Å². The van der Waals surface area contributed by atoms with Gasteiger partial charge in [0.2, 0.25) is 17.7 Å². The zero-order valence-corrected chi connectivity index (χ0v) is 17.3. The van der Waals surface area contributed by atoms with Crippen LogP contribution >= 0.6 is 0 Å². The van der Waals surface area contributed by atoms with Crippen LogP contribution < -0.4 is 20.3 Å². The number of hydrogen-bond donors (Lipinski definition) is 2. The van der Waals surface area contributed by atoms with E-state index < -0.39 is 12.0 Å². The van der Waals surface area contributed by atoms with Gasteiger partial charge in [0.05, 0.1) is 13.0 Å². The van der Waals surface area contributed by atoms with Gasteiger partial charge in [-0.1, -0.05) is 30.3 Å². The number of nitrogens with one attached hydrogen (secondary N) is 2. The van der Waals surface area contributed by atoms with Crippen LogP contribution in [0.5, 0.6) is 5.75 Å². The quantitative estimate of drug-likeness (QED) is 0.697. The topological polar surface area (TPSA) is 87.7 Å². The predicted molar refractivity (Wildman–Crippen MR) is 114 cm³/mol. The molecule has 0 aromatic heterocycles. The first-order valence-electron chi connectivity index (χ1n) is 10.0. The van der Waals surface area contributed by atoms with Gasteiger partial charge < -0.3 is 20.3 Å². The molecule has 1 heterocycles. The number of benzene rings is 2. The lowest BCUT2D eigenvalue weighted by atomic mass is 10.1. The second kappa shape index (κ2) is 9.91. The van der Waals surface area contributed by atoms with Crippen LogP contribution in [0.1, 0.15) is 18.9 Å². The molecule has 2 aromatic rings. The van der Waals surface area contributed by atoms with Crippen LogP contribution in [0.3, 0.4) is 0 Å². The summed E-state index contributed by atoms with van der Waals surface area (Å²) in [5.41, 5.74) is 1.86. The third kappa shape index (κ3) is 5.37. The number of carbonyl (C=O) groups is 3. The summed E-state index contributed by atoms with van der Waals surface area (Å²) in [6, 6.07) is 16.3. The fourth-order valence-electron chi connectivity index (χ4n) is 3.42. The van der Waals surface area contributed by atoms with E-state index >= 15 is 0 Å². The van der Waals surface area contributed by atoms with E-state index in [0.29, 0.717) is 18.8 Å². The molecular weight excluding hydrogens is 382 g/mol. The van der Waals surface area contributed by atoms with Gasteiger partial charge in [-0.05, 0) is 43.2 Å². The molecule has 7 nitrogen and oxygen atoms in total. The van der Waals surface area contributed by atoms with Crippen molar-refractivity contribution in [1.29, 1.82) is 0 Å². The van der Waals surface area contributed by atoms with Gasteiger partial charge in [0.15, 0.2) is 0 Å². The van der Waals surface area contributed by atoms with E-state index in [9.17, 15) is 14.4 Å². The van der Waals surface area contributed by atoms with Crippen molar-refractivity contribution in [2.75, 3.05) is 25.1 Å². The first-order chi connectivity index (χ1) is 14.5. The van der Waals surface area contributed by atoms with Crippen LogP contribution in [-0.2, 0) is 20.8 Å². The van der Waals surface area contributed by atoms with Crippen molar-refractivity contribution in [1.82, 2.24) is 10.6 Å². The highest BCUT2D eigenvalue weighted by molar-refractivity contribution is 6.01. The van der Waals surface area contributed by atoms with E-state index in [4.69, 9.17) is 4.74 Å². The minimum absolute atomic E-state index is 0.111. The molecule has 1 fully saturated rings. The van der Waals surface area contributed by atoms with Crippen molar-refractivity contribution in [3.8, 4) is 5.75 Å². The molecule has 2 aromatic carbocycles. The summed E-state index contributed by atoms with van der Waals surface area (Å²) >= 11 is 0. The predicted octanol–water partition coefficient (Wildman–Crippen LogP) is 1.91. The molecule has 2 atom stereocenters. The molecule has 0 unspecified atom stereocenters. The van der Waals surface area contributed by atoms with E-state index in [-0.39, 0.29) is 24.1 Å². The molecule has 7 heteroatoms. The van der Waals surface area contributed by atoms with Gasteiger partial charge in [-0.2, -0.15) is 0 Å². The van der Waals surface area contributed by atoms with Crippen LogP contribution in [0.2, 0.25) is 0 Å². The average Bonchev–Trinajstić information content (AvgIpc) is 3.16. The lowest BCUT2D eigenvalue weighted by Crippen LogP contribution is -2.47. The maximum atomic E-state index is 12.6. The van der Waals surface area contributed by atoms with Gasteiger partial charge in [-0.15, -0.1) is 0 Å². The fraction of sp³-hybridized carbons (Fsp3) is 0.348. The molecule has 0 radical (unpaired) electrons. The zero-order valence-electron chi connectivity index (χ0n) is 17.3. The summed E-state index contributed by atoms with van der Waals surface area (Å²) in [6.07, 6.45) is 0.849. The van der Waals surface area contributed by atoms with Crippen LogP contribution in [0.4, 0.5) is 5.69 Å². The third-order valence-electron chi connectivity index (χ3n) is 5.19. The minimum Gasteiger partial charge on any atom is -0.497 e. The molecule has 0 aliphatic carbocycles. The molecule has 1 aliphatic heterocycles. The molecule has 1 saturated heterocycles. The molecule has 3 rings (SSSR count). The number of amides is 3. The van der Waals surface area contributed by atoms with Gasteiger partial charge >= 0.3 is 0 Å². The van der Waals surface area contributed by atoms with Crippen molar-refractivity contribution >= 4 is 23.4 Å². The largest absolute Gasteiger partial charge is 0.497 e. The Bertz CT molecular complexity index is 883. The van der Waals surface area contributed by atoms with Gasteiger partial charge in [0, 0.05) is 25.2 Å². The number of carbonyl (C=O) groups excluding carboxylic acids is 3. The molecule has 1 aliphatic rings. The first-order valence-corrected chi connectivity index (χ1v) is 10.0. The smallest absolute Gasteiger partial charge is 0.242 e. The molecule has 0 saturated carbocycles. The Hall–Kier alpha value is -3.35. The Labute approximate surface area is 176 Å². The van der Waals surface area contributed by atoms with E-state index in [1.54, 1.807) is 43.2 Å². The molecule has 158 valence electrons. The monoisotopic (exact) mass is 409 g/mol. The Morgan fingerprint density at radius 1 is 1.13 bits per heavy atom. The molecule has 0 bridgehead atoms. The summed E-state index contributed by atoms with van der Waals surface area (Å²) in [6.45, 7) is 2.43. The van der Waals surface area contributed by atoms with Crippen molar-refractivity contribution < 1.29 is 19.1 Å². The number of nitrogens with zero attached hydrogens (tertiary/aromatic N) is 1. The Morgan fingerprint density at radius 2 is 1.83 bits per heavy atom. The summed E-state index contributed by atoms with van der Waals surface area (Å²) in [4.78, 5) is 38.8. The average molecular weight is 409 g/mol. The summed E-state index contributed by atoms with van der Waals surface area (Å²) in [5, 5.41) is 5.57. The van der Waals surface area contributed by atoms with Crippen molar-refractivity contribution in [2.45, 2.75) is 25.8 Å². The highest BCUT2D eigenvalue weighted by Crippen LogP contribution is 2.27. The van der Waals surface area contributed by atoms with E-state index in [0.717, 1.165) is 17.7 Å². The van der Waals surface area contributed by atoms with Gasteiger partial charge in [-0.3, -0.25) is 14.4 Å². The zero-order chi connectivity index (χ0) is 21.5. The molecule has 30 heavy (non-hydrogen) atoms. The minimum atomic E-state index is -0.668. The van der Waals surface area contributed by atoms with Gasteiger partial charge in [0.25, 0.3) is 0 Å². The Kier molecular flexibility index (Phi) is 7.06. The summed E-state index contributed by atoms with van der Waals surface area (Å²) in [5.74, 6) is -0.424. The molecule has 2 N–H and O–H groups in total. The SMILES string of the molecule is COc1ccc(N2C[C@H](C(=O)N[C@@H](C)C(=O)NCCc3ccccc3)CC2=O)cc1. The number of methoxy groups -OCH3 is 1. The normalized spacial score (nSPS) is 16.8. The number of ether oxygens (including phenoxy) is 1. The van der Waals surface area contributed by atoms with Crippen molar-refractivity contribution in [3.05, 3.63) is 60.2 Å². The summed E-state index contributed by atoms with van der Waals surface area (Å²) in [7, 11) is 1.58. The number of anilines is 1. The lowest BCUT2D eigenvalue weighted by Gasteiger charge is -2.18. The Balaban J connectivity index is 1.47. The first kappa shape index (κ1) is 21.4. The molecular formula is C23H27N3O4. The third-order valence-corrected chi connectivity index (χ3v) is 5.19.